The Balaban J connectivity index is 1.91. The van der Waals surface area contributed by atoms with E-state index in [0.29, 0.717) is 5.95 Å². The van der Waals surface area contributed by atoms with E-state index in [-0.39, 0.29) is 0 Å². The summed E-state index contributed by atoms with van der Waals surface area (Å²) in [6.07, 6.45) is 0. The summed E-state index contributed by atoms with van der Waals surface area (Å²) < 4.78 is 0. The number of hydrogen-bond donors (Lipinski definition) is 1. The number of nitrogens with zero attached hydrogens (tertiary/aromatic N) is 2. The molecule has 0 saturated heterocycles. The topological polar surface area (TPSA) is 51.8 Å². The zero-order valence-corrected chi connectivity index (χ0v) is 12.9. The minimum atomic E-state index is 0.330. The number of hydrogen-bond acceptors (Lipinski definition) is 4. The number of aromatic nitrogens is 2. The molecule has 0 bridgehead atoms. The molecular weight excluding hydrogens is 278 g/mol. The van der Waals surface area contributed by atoms with Crippen LogP contribution in [0.5, 0.6) is 0 Å². The standard InChI is InChI=1S/C17H17N3S/c1-11-7-12(2)9-13(8-11)10-21-16-14-5-3-4-6-15(14)19-17(18)20-16/h3-9H,10H2,1-2H3,(H2,18,19,20). The second kappa shape index (κ2) is 5.74. The molecular formula is C17H17N3S. The summed E-state index contributed by atoms with van der Waals surface area (Å²) in [5, 5.41) is 2.00. The lowest BCUT2D eigenvalue weighted by atomic mass is 10.1. The van der Waals surface area contributed by atoms with Gasteiger partial charge in [-0.3, -0.25) is 0 Å². The lowest BCUT2D eigenvalue weighted by molar-refractivity contribution is 1.12. The van der Waals surface area contributed by atoms with E-state index in [1.54, 1.807) is 11.8 Å². The molecule has 1 aromatic heterocycles. The number of fused-ring (bicyclic) bond motifs is 1. The largest absolute Gasteiger partial charge is 0.368 e. The SMILES string of the molecule is Cc1cc(C)cc(CSc2nc(N)nc3ccccc23)c1. The number of benzene rings is 2. The third-order valence-corrected chi connectivity index (χ3v) is 4.30. The summed E-state index contributed by atoms with van der Waals surface area (Å²) in [5.74, 6) is 1.21. The van der Waals surface area contributed by atoms with Gasteiger partial charge in [-0.15, -0.1) is 11.8 Å². The van der Waals surface area contributed by atoms with Gasteiger partial charge in [0.2, 0.25) is 5.95 Å². The van der Waals surface area contributed by atoms with Gasteiger partial charge in [0.05, 0.1) is 5.52 Å². The molecule has 0 spiro atoms. The van der Waals surface area contributed by atoms with Gasteiger partial charge < -0.3 is 5.73 Å². The van der Waals surface area contributed by atoms with Gasteiger partial charge in [-0.25, -0.2) is 9.97 Å². The maximum absolute atomic E-state index is 5.81. The maximum Gasteiger partial charge on any atom is 0.221 e. The summed E-state index contributed by atoms with van der Waals surface area (Å²) in [6.45, 7) is 4.25. The van der Waals surface area contributed by atoms with Crippen molar-refractivity contribution in [2.75, 3.05) is 5.73 Å². The smallest absolute Gasteiger partial charge is 0.221 e. The Hall–Kier alpha value is -2.07. The number of thioether (sulfide) groups is 1. The lowest BCUT2D eigenvalue weighted by Gasteiger charge is -2.07. The Morgan fingerprint density at radius 2 is 1.71 bits per heavy atom. The Morgan fingerprint density at radius 3 is 2.48 bits per heavy atom. The molecule has 0 atom stereocenters. The van der Waals surface area contributed by atoms with E-state index in [0.717, 1.165) is 21.7 Å². The van der Waals surface area contributed by atoms with Gasteiger partial charge in [-0.05, 0) is 25.5 Å². The van der Waals surface area contributed by atoms with Crippen LogP contribution in [-0.2, 0) is 5.75 Å². The second-order valence-corrected chi connectivity index (χ2v) is 6.15. The van der Waals surface area contributed by atoms with E-state index in [4.69, 9.17) is 5.73 Å². The summed E-state index contributed by atoms with van der Waals surface area (Å²) in [6, 6.07) is 14.6. The van der Waals surface area contributed by atoms with Gasteiger partial charge in [0.1, 0.15) is 5.03 Å². The summed E-state index contributed by atoms with van der Waals surface area (Å²) in [5.41, 5.74) is 10.6. The van der Waals surface area contributed by atoms with Crippen molar-refractivity contribution < 1.29 is 0 Å². The fourth-order valence-corrected chi connectivity index (χ4v) is 3.43. The Kier molecular flexibility index (Phi) is 3.80. The monoisotopic (exact) mass is 295 g/mol. The molecule has 2 aromatic carbocycles. The molecule has 3 rings (SSSR count). The molecule has 0 amide bonds. The Morgan fingerprint density at radius 1 is 1.00 bits per heavy atom. The van der Waals surface area contributed by atoms with Crippen molar-refractivity contribution in [3.8, 4) is 0 Å². The molecule has 1 heterocycles. The van der Waals surface area contributed by atoms with E-state index in [1.165, 1.54) is 16.7 Å². The predicted molar refractivity (Wildman–Crippen MR) is 89.4 cm³/mol. The van der Waals surface area contributed by atoms with Crippen molar-refractivity contribution in [1.29, 1.82) is 0 Å². The minimum absolute atomic E-state index is 0.330. The van der Waals surface area contributed by atoms with Crippen LogP contribution >= 0.6 is 11.8 Å². The van der Waals surface area contributed by atoms with E-state index in [9.17, 15) is 0 Å². The van der Waals surface area contributed by atoms with Crippen molar-refractivity contribution in [3.63, 3.8) is 0 Å². The molecule has 0 unspecified atom stereocenters. The van der Waals surface area contributed by atoms with Gasteiger partial charge in [-0.1, -0.05) is 47.5 Å². The quantitative estimate of drug-likeness (QED) is 0.583. The number of rotatable bonds is 3. The molecule has 0 aliphatic carbocycles. The third kappa shape index (κ3) is 3.16. The first kappa shape index (κ1) is 13.9. The highest BCUT2D eigenvalue weighted by atomic mass is 32.2. The van der Waals surface area contributed by atoms with Crippen LogP contribution in [-0.4, -0.2) is 9.97 Å². The summed E-state index contributed by atoms with van der Waals surface area (Å²) in [7, 11) is 0. The highest BCUT2D eigenvalue weighted by Gasteiger charge is 2.07. The molecule has 4 heteroatoms. The van der Waals surface area contributed by atoms with Crippen molar-refractivity contribution in [3.05, 3.63) is 59.2 Å². The van der Waals surface area contributed by atoms with E-state index < -0.39 is 0 Å². The van der Waals surface area contributed by atoms with Crippen LogP contribution in [0.3, 0.4) is 0 Å². The van der Waals surface area contributed by atoms with Crippen molar-refractivity contribution in [2.24, 2.45) is 0 Å². The maximum atomic E-state index is 5.81. The highest BCUT2D eigenvalue weighted by molar-refractivity contribution is 7.98. The van der Waals surface area contributed by atoms with Crippen LogP contribution in [0, 0.1) is 13.8 Å². The molecule has 0 aliphatic rings. The van der Waals surface area contributed by atoms with Crippen molar-refractivity contribution in [2.45, 2.75) is 24.6 Å². The minimum Gasteiger partial charge on any atom is -0.368 e. The van der Waals surface area contributed by atoms with Gasteiger partial charge in [-0.2, -0.15) is 0 Å². The molecule has 0 saturated carbocycles. The lowest BCUT2D eigenvalue weighted by Crippen LogP contribution is -1.97. The van der Waals surface area contributed by atoms with E-state index >= 15 is 0 Å². The van der Waals surface area contributed by atoms with E-state index in [2.05, 4.69) is 42.0 Å². The first-order valence-corrected chi connectivity index (χ1v) is 7.82. The molecule has 0 aliphatic heterocycles. The average molecular weight is 295 g/mol. The third-order valence-electron chi connectivity index (χ3n) is 3.24. The van der Waals surface area contributed by atoms with Crippen molar-refractivity contribution in [1.82, 2.24) is 9.97 Å². The van der Waals surface area contributed by atoms with Gasteiger partial charge in [0.25, 0.3) is 0 Å². The zero-order valence-electron chi connectivity index (χ0n) is 12.1. The van der Waals surface area contributed by atoms with Crippen LogP contribution in [0.25, 0.3) is 10.9 Å². The normalized spacial score (nSPS) is 11.0. The van der Waals surface area contributed by atoms with Crippen LogP contribution in [0.15, 0.2) is 47.5 Å². The van der Waals surface area contributed by atoms with Crippen LogP contribution in [0.1, 0.15) is 16.7 Å². The van der Waals surface area contributed by atoms with Crippen LogP contribution in [0.4, 0.5) is 5.95 Å². The number of nitrogen functional groups attached to an aromatic ring is 1. The fraction of sp³-hybridized carbons (Fsp3) is 0.176. The number of aryl methyl sites for hydroxylation is 2. The summed E-state index contributed by atoms with van der Waals surface area (Å²) in [4.78, 5) is 8.66. The highest BCUT2D eigenvalue weighted by Crippen LogP contribution is 2.28. The molecule has 21 heavy (non-hydrogen) atoms. The van der Waals surface area contributed by atoms with Gasteiger partial charge in [0, 0.05) is 11.1 Å². The first-order chi connectivity index (χ1) is 10.1. The van der Waals surface area contributed by atoms with Gasteiger partial charge >= 0.3 is 0 Å². The fourth-order valence-electron chi connectivity index (χ4n) is 2.48. The second-order valence-electron chi connectivity index (χ2n) is 5.19. The molecule has 2 N–H and O–H groups in total. The van der Waals surface area contributed by atoms with Crippen LogP contribution < -0.4 is 5.73 Å². The number of nitrogens with two attached hydrogens (primary N) is 1. The molecule has 0 fully saturated rings. The predicted octanol–water partition coefficient (Wildman–Crippen LogP) is 4.12. The number of para-hydroxylation sites is 1. The Labute approximate surface area is 128 Å². The Bertz CT molecular complexity index is 779. The molecule has 3 aromatic rings. The molecule has 106 valence electrons. The molecule has 3 nitrogen and oxygen atoms in total. The zero-order chi connectivity index (χ0) is 14.8. The van der Waals surface area contributed by atoms with Crippen molar-refractivity contribution >= 4 is 28.6 Å². The van der Waals surface area contributed by atoms with Gasteiger partial charge in [0.15, 0.2) is 0 Å². The van der Waals surface area contributed by atoms with Crippen LogP contribution in [0.2, 0.25) is 0 Å². The summed E-state index contributed by atoms with van der Waals surface area (Å²) >= 11 is 1.70. The first-order valence-electron chi connectivity index (χ1n) is 6.84. The number of anilines is 1. The molecule has 0 radical (unpaired) electrons. The van der Waals surface area contributed by atoms with E-state index in [1.807, 2.05) is 24.3 Å². The average Bonchev–Trinajstić information content (AvgIpc) is 2.43.